The summed E-state index contributed by atoms with van der Waals surface area (Å²) < 4.78 is 4.70. The second kappa shape index (κ2) is 4.86. The van der Waals surface area contributed by atoms with Crippen LogP contribution in [0, 0.1) is 0 Å². The average Bonchev–Trinajstić information content (AvgIpc) is 2.74. The van der Waals surface area contributed by atoms with Gasteiger partial charge in [-0.2, -0.15) is 0 Å². The molecule has 1 unspecified atom stereocenters. The third kappa shape index (κ3) is 2.55. The summed E-state index contributed by atoms with van der Waals surface area (Å²) in [6, 6.07) is 7.12. The van der Waals surface area contributed by atoms with Gasteiger partial charge in [-0.25, -0.2) is 4.79 Å². The molecule has 5 heteroatoms. The Labute approximate surface area is 99.2 Å². The minimum absolute atomic E-state index is 0.0216. The molecule has 0 bridgehead atoms. The van der Waals surface area contributed by atoms with Crippen LogP contribution in [0.25, 0.3) is 0 Å². The number of nitrogens with one attached hydrogen (secondary N) is 2. The fourth-order valence-electron chi connectivity index (χ4n) is 1.82. The lowest BCUT2D eigenvalue weighted by atomic mass is 10.1. The highest BCUT2D eigenvalue weighted by Crippen LogP contribution is 2.18. The van der Waals surface area contributed by atoms with Gasteiger partial charge in [0.15, 0.2) is 0 Å². The molecule has 5 nitrogen and oxygen atoms in total. The van der Waals surface area contributed by atoms with Gasteiger partial charge in [-0.15, -0.1) is 0 Å². The Hall–Kier alpha value is -2.04. The summed E-state index contributed by atoms with van der Waals surface area (Å²) in [7, 11) is 1.35. The molecular formula is C12H14N2O3. The zero-order valence-corrected chi connectivity index (χ0v) is 9.53. The first-order chi connectivity index (χ1) is 8.20. The van der Waals surface area contributed by atoms with Crippen molar-refractivity contribution >= 4 is 17.6 Å². The first-order valence-corrected chi connectivity index (χ1v) is 5.41. The highest BCUT2D eigenvalue weighted by molar-refractivity contribution is 5.95. The molecule has 0 spiro atoms. The Kier molecular flexibility index (Phi) is 3.27. The highest BCUT2D eigenvalue weighted by Gasteiger charge is 2.22. The summed E-state index contributed by atoms with van der Waals surface area (Å²) in [5, 5.41) is 5.91. The Bertz CT molecular complexity index is 445. The van der Waals surface area contributed by atoms with Crippen molar-refractivity contribution < 1.29 is 14.3 Å². The van der Waals surface area contributed by atoms with Gasteiger partial charge in [0.1, 0.15) is 0 Å². The van der Waals surface area contributed by atoms with Gasteiger partial charge >= 0.3 is 5.97 Å². The fourth-order valence-corrected chi connectivity index (χ4v) is 1.82. The number of amides is 1. The second-order valence-corrected chi connectivity index (χ2v) is 3.89. The van der Waals surface area contributed by atoms with Crippen molar-refractivity contribution in [2.45, 2.75) is 12.5 Å². The summed E-state index contributed by atoms with van der Waals surface area (Å²) in [4.78, 5) is 22.6. The molecule has 1 fully saturated rings. The van der Waals surface area contributed by atoms with Crippen LogP contribution in [-0.4, -0.2) is 31.6 Å². The van der Waals surface area contributed by atoms with Crippen LogP contribution in [0.3, 0.4) is 0 Å². The van der Waals surface area contributed by atoms with E-state index in [1.807, 2.05) is 6.07 Å². The third-order valence-electron chi connectivity index (χ3n) is 2.67. The van der Waals surface area contributed by atoms with E-state index in [2.05, 4.69) is 10.6 Å². The van der Waals surface area contributed by atoms with Crippen molar-refractivity contribution in [2.75, 3.05) is 19.0 Å². The van der Waals surface area contributed by atoms with Gasteiger partial charge < -0.3 is 15.4 Å². The zero-order chi connectivity index (χ0) is 12.3. The number of methoxy groups -OCH3 is 1. The molecule has 2 N–H and O–H groups in total. The first kappa shape index (κ1) is 11.4. The monoisotopic (exact) mass is 234 g/mol. The van der Waals surface area contributed by atoms with Crippen LogP contribution in [0.15, 0.2) is 24.3 Å². The van der Waals surface area contributed by atoms with E-state index in [1.165, 1.54) is 7.11 Å². The van der Waals surface area contributed by atoms with E-state index in [-0.39, 0.29) is 17.9 Å². The molecule has 17 heavy (non-hydrogen) atoms. The lowest BCUT2D eigenvalue weighted by Gasteiger charge is -2.14. The predicted octanol–water partition coefficient (Wildman–Crippen LogP) is 0.774. The van der Waals surface area contributed by atoms with Crippen LogP contribution in [-0.2, 0) is 9.53 Å². The average molecular weight is 234 g/mol. The maximum absolute atomic E-state index is 11.5. The molecule has 0 radical (unpaired) electrons. The van der Waals surface area contributed by atoms with E-state index in [9.17, 15) is 9.59 Å². The second-order valence-electron chi connectivity index (χ2n) is 3.89. The molecule has 1 aliphatic rings. The molecule has 1 atom stereocenters. The number of para-hydroxylation sites is 1. The maximum Gasteiger partial charge on any atom is 0.339 e. The van der Waals surface area contributed by atoms with Crippen molar-refractivity contribution in [3.63, 3.8) is 0 Å². The van der Waals surface area contributed by atoms with Crippen LogP contribution >= 0.6 is 0 Å². The van der Waals surface area contributed by atoms with E-state index >= 15 is 0 Å². The van der Waals surface area contributed by atoms with E-state index in [4.69, 9.17) is 4.74 Å². The molecule has 1 amide bonds. The van der Waals surface area contributed by atoms with Crippen molar-refractivity contribution in [2.24, 2.45) is 0 Å². The molecule has 1 aromatic carbocycles. The summed E-state index contributed by atoms with van der Waals surface area (Å²) >= 11 is 0. The van der Waals surface area contributed by atoms with Gasteiger partial charge in [-0.05, 0) is 12.1 Å². The van der Waals surface area contributed by atoms with E-state index in [0.717, 1.165) is 0 Å². The molecule has 1 saturated heterocycles. The SMILES string of the molecule is COC(=O)c1ccccc1NC1CNC(=O)C1. The largest absolute Gasteiger partial charge is 0.465 e. The number of hydrogen-bond acceptors (Lipinski definition) is 4. The Morgan fingerprint density at radius 1 is 1.47 bits per heavy atom. The van der Waals surface area contributed by atoms with E-state index in [1.54, 1.807) is 18.2 Å². The molecule has 0 saturated carbocycles. The number of carbonyl (C=O) groups excluding carboxylic acids is 2. The summed E-state index contributed by atoms with van der Waals surface area (Å²) in [6.45, 7) is 0.578. The number of hydrogen-bond donors (Lipinski definition) is 2. The first-order valence-electron chi connectivity index (χ1n) is 5.41. The number of anilines is 1. The van der Waals surface area contributed by atoms with Crippen LogP contribution in [0.1, 0.15) is 16.8 Å². The molecule has 1 aromatic rings. The number of esters is 1. The Morgan fingerprint density at radius 3 is 2.88 bits per heavy atom. The standard InChI is InChI=1S/C12H14N2O3/c1-17-12(16)9-4-2-3-5-10(9)14-8-6-11(15)13-7-8/h2-5,8,14H,6-7H2,1H3,(H,13,15). The Balaban J connectivity index is 2.15. The summed E-state index contributed by atoms with van der Waals surface area (Å²) in [5.41, 5.74) is 1.18. The van der Waals surface area contributed by atoms with Crippen LogP contribution in [0.4, 0.5) is 5.69 Å². The lowest BCUT2D eigenvalue weighted by Crippen LogP contribution is -2.23. The van der Waals surface area contributed by atoms with Gasteiger partial charge in [0.05, 0.1) is 18.7 Å². The van der Waals surface area contributed by atoms with Gasteiger partial charge in [0.2, 0.25) is 5.91 Å². The number of carbonyl (C=O) groups is 2. The van der Waals surface area contributed by atoms with Crippen LogP contribution < -0.4 is 10.6 Å². The third-order valence-corrected chi connectivity index (χ3v) is 2.67. The molecule has 90 valence electrons. The minimum Gasteiger partial charge on any atom is -0.465 e. The molecule has 1 heterocycles. The van der Waals surface area contributed by atoms with Crippen molar-refractivity contribution in [3.05, 3.63) is 29.8 Å². The Morgan fingerprint density at radius 2 is 2.24 bits per heavy atom. The smallest absolute Gasteiger partial charge is 0.339 e. The summed E-state index contributed by atoms with van der Waals surface area (Å²) in [5.74, 6) is -0.358. The van der Waals surface area contributed by atoms with E-state index < -0.39 is 0 Å². The van der Waals surface area contributed by atoms with Crippen molar-refractivity contribution in [1.29, 1.82) is 0 Å². The van der Waals surface area contributed by atoms with Gasteiger partial charge in [-0.3, -0.25) is 4.79 Å². The van der Waals surface area contributed by atoms with Gasteiger partial charge in [-0.1, -0.05) is 12.1 Å². The topological polar surface area (TPSA) is 67.4 Å². The van der Waals surface area contributed by atoms with E-state index in [0.29, 0.717) is 24.2 Å². The van der Waals surface area contributed by atoms with Gasteiger partial charge in [0, 0.05) is 18.7 Å². The molecule has 1 aliphatic heterocycles. The predicted molar refractivity (Wildman–Crippen MR) is 62.8 cm³/mol. The van der Waals surface area contributed by atoms with Crippen molar-refractivity contribution in [1.82, 2.24) is 5.32 Å². The number of rotatable bonds is 3. The molecular weight excluding hydrogens is 220 g/mol. The zero-order valence-electron chi connectivity index (χ0n) is 9.53. The highest BCUT2D eigenvalue weighted by atomic mass is 16.5. The molecule has 0 aliphatic carbocycles. The lowest BCUT2D eigenvalue weighted by molar-refractivity contribution is -0.119. The fraction of sp³-hybridized carbons (Fsp3) is 0.333. The van der Waals surface area contributed by atoms with Gasteiger partial charge in [0.25, 0.3) is 0 Å². The normalized spacial score (nSPS) is 18.6. The number of ether oxygens (including phenoxy) is 1. The maximum atomic E-state index is 11.5. The molecule has 0 aromatic heterocycles. The minimum atomic E-state index is -0.384. The summed E-state index contributed by atoms with van der Waals surface area (Å²) in [6.07, 6.45) is 0.426. The number of benzene rings is 1. The molecule has 2 rings (SSSR count). The van der Waals surface area contributed by atoms with Crippen LogP contribution in [0.5, 0.6) is 0 Å². The van der Waals surface area contributed by atoms with Crippen molar-refractivity contribution in [3.8, 4) is 0 Å². The quantitative estimate of drug-likeness (QED) is 0.758. The van der Waals surface area contributed by atoms with Crippen LogP contribution in [0.2, 0.25) is 0 Å².